The molecule has 1 N–H and O–H groups in total. The highest BCUT2D eigenvalue weighted by atomic mass is 32.2. The number of benzene rings is 2. The molecule has 140 valence electrons. The number of nitrogens with zero attached hydrogens (tertiary/aromatic N) is 3. The van der Waals surface area contributed by atoms with E-state index in [9.17, 15) is 13.2 Å². The lowest BCUT2D eigenvalue weighted by atomic mass is 9.99. The molecule has 1 aliphatic heterocycles. The van der Waals surface area contributed by atoms with E-state index in [-0.39, 0.29) is 17.3 Å². The van der Waals surface area contributed by atoms with Gasteiger partial charge in [0.2, 0.25) is 21.1 Å². The molecule has 0 spiro atoms. The first-order chi connectivity index (χ1) is 13.0. The van der Waals surface area contributed by atoms with E-state index in [1.54, 1.807) is 12.1 Å². The van der Waals surface area contributed by atoms with Crippen LogP contribution in [-0.4, -0.2) is 41.9 Å². The van der Waals surface area contributed by atoms with Crippen LogP contribution in [0.3, 0.4) is 0 Å². The minimum Gasteiger partial charge on any atom is -0.300 e. The number of nitrogens with one attached hydrogen (secondary N) is 1. The maximum absolute atomic E-state index is 13.1. The molecule has 2 aromatic carbocycles. The van der Waals surface area contributed by atoms with E-state index in [1.807, 2.05) is 30.3 Å². The van der Waals surface area contributed by atoms with Gasteiger partial charge in [-0.3, -0.25) is 4.79 Å². The molecule has 1 aliphatic rings. The van der Waals surface area contributed by atoms with Crippen molar-refractivity contribution in [2.24, 2.45) is 5.92 Å². The molecule has 0 radical (unpaired) electrons. The molecule has 1 atom stereocenters. The van der Waals surface area contributed by atoms with Crippen LogP contribution >= 0.6 is 11.3 Å². The number of hydrogen-bond donors (Lipinski definition) is 1. The third-order valence-electron chi connectivity index (χ3n) is 4.70. The molecule has 1 amide bonds. The van der Waals surface area contributed by atoms with Gasteiger partial charge in [-0.25, -0.2) is 8.42 Å². The van der Waals surface area contributed by atoms with E-state index in [1.165, 1.54) is 21.2 Å². The highest BCUT2D eigenvalue weighted by molar-refractivity contribution is 7.89. The first-order valence-corrected chi connectivity index (χ1v) is 10.9. The molecule has 0 aliphatic carbocycles. The third kappa shape index (κ3) is 3.71. The number of hydrogen-bond acceptors (Lipinski definition) is 6. The molecule has 3 aromatic rings. The quantitative estimate of drug-likeness (QED) is 0.724. The van der Waals surface area contributed by atoms with Gasteiger partial charge in [-0.1, -0.05) is 41.7 Å². The van der Waals surface area contributed by atoms with Crippen molar-refractivity contribution < 1.29 is 13.2 Å². The summed E-state index contributed by atoms with van der Waals surface area (Å²) in [6.45, 7) is 0.581. The van der Waals surface area contributed by atoms with Gasteiger partial charge in [0.15, 0.2) is 0 Å². The Bertz CT molecular complexity index is 1070. The van der Waals surface area contributed by atoms with E-state index in [0.29, 0.717) is 24.5 Å². The molecule has 2 heterocycles. The van der Waals surface area contributed by atoms with Gasteiger partial charge in [0.1, 0.15) is 5.51 Å². The Morgan fingerprint density at radius 1 is 1.19 bits per heavy atom. The second kappa shape index (κ2) is 7.34. The molecule has 0 bridgehead atoms. The maximum Gasteiger partial charge on any atom is 0.243 e. The lowest BCUT2D eigenvalue weighted by Crippen LogP contribution is -2.43. The number of carbonyl (C=O) groups excluding carboxylic acids is 1. The maximum atomic E-state index is 13.1. The molecular weight excluding hydrogens is 384 g/mol. The van der Waals surface area contributed by atoms with Crippen molar-refractivity contribution in [3.05, 3.63) is 48.0 Å². The highest BCUT2D eigenvalue weighted by Gasteiger charge is 2.33. The van der Waals surface area contributed by atoms with Gasteiger partial charge >= 0.3 is 0 Å². The van der Waals surface area contributed by atoms with Crippen LogP contribution in [0.15, 0.2) is 52.9 Å². The Labute approximate surface area is 161 Å². The SMILES string of the molecule is O=C(Nc1nncs1)C1CCCN(S(=O)(=O)c2ccc3ccccc3c2)C1. The Morgan fingerprint density at radius 3 is 2.78 bits per heavy atom. The van der Waals surface area contributed by atoms with Crippen LogP contribution in [0.1, 0.15) is 12.8 Å². The Balaban J connectivity index is 1.54. The van der Waals surface area contributed by atoms with Crippen molar-refractivity contribution in [1.82, 2.24) is 14.5 Å². The summed E-state index contributed by atoms with van der Waals surface area (Å²) in [4.78, 5) is 12.7. The van der Waals surface area contributed by atoms with Crippen LogP contribution in [0.5, 0.6) is 0 Å². The summed E-state index contributed by atoms with van der Waals surface area (Å²) in [6, 6.07) is 12.8. The van der Waals surface area contributed by atoms with Crippen molar-refractivity contribution >= 4 is 43.2 Å². The average molecular weight is 403 g/mol. The smallest absolute Gasteiger partial charge is 0.243 e. The second-order valence-corrected chi connectivity index (χ2v) is 9.22. The minimum atomic E-state index is -3.65. The second-order valence-electron chi connectivity index (χ2n) is 6.44. The summed E-state index contributed by atoms with van der Waals surface area (Å²) in [5, 5.41) is 12.5. The van der Waals surface area contributed by atoms with E-state index in [2.05, 4.69) is 15.5 Å². The fourth-order valence-electron chi connectivity index (χ4n) is 3.29. The number of aromatic nitrogens is 2. The predicted molar refractivity (Wildman–Crippen MR) is 104 cm³/mol. The number of fused-ring (bicyclic) bond motifs is 1. The number of carbonyl (C=O) groups is 1. The van der Waals surface area contributed by atoms with Gasteiger partial charge in [0.05, 0.1) is 10.8 Å². The summed E-state index contributed by atoms with van der Waals surface area (Å²) in [5.41, 5.74) is 1.53. The van der Waals surface area contributed by atoms with Crippen molar-refractivity contribution in [3.8, 4) is 0 Å². The number of amides is 1. The largest absolute Gasteiger partial charge is 0.300 e. The molecule has 1 aromatic heterocycles. The highest BCUT2D eigenvalue weighted by Crippen LogP contribution is 2.27. The van der Waals surface area contributed by atoms with E-state index in [0.717, 1.165) is 10.8 Å². The number of rotatable bonds is 4. The number of anilines is 1. The van der Waals surface area contributed by atoms with Crippen molar-refractivity contribution in [2.75, 3.05) is 18.4 Å². The zero-order valence-corrected chi connectivity index (χ0v) is 16.0. The van der Waals surface area contributed by atoms with Gasteiger partial charge in [-0.2, -0.15) is 4.31 Å². The predicted octanol–water partition coefficient (Wildman–Crippen LogP) is 2.73. The molecule has 1 unspecified atom stereocenters. The van der Waals surface area contributed by atoms with E-state index >= 15 is 0 Å². The fourth-order valence-corrected chi connectivity index (χ4v) is 5.29. The summed E-state index contributed by atoms with van der Waals surface area (Å²) in [7, 11) is -3.65. The molecule has 7 nitrogen and oxygen atoms in total. The molecular formula is C18H18N4O3S2. The average Bonchev–Trinajstić information content (AvgIpc) is 3.20. The molecule has 1 fully saturated rings. The summed E-state index contributed by atoms with van der Waals surface area (Å²) >= 11 is 1.23. The third-order valence-corrected chi connectivity index (χ3v) is 7.17. The monoisotopic (exact) mass is 402 g/mol. The van der Waals surface area contributed by atoms with Gasteiger partial charge in [-0.05, 0) is 35.7 Å². The van der Waals surface area contributed by atoms with Gasteiger partial charge in [0.25, 0.3) is 0 Å². The van der Waals surface area contributed by atoms with Crippen LogP contribution < -0.4 is 5.32 Å². The van der Waals surface area contributed by atoms with Crippen molar-refractivity contribution in [1.29, 1.82) is 0 Å². The molecule has 1 saturated heterocycles. The number of sulfonamides is 1. The van der Waals surface area contributed by atoms with Crippen LogP contribution in [0.4, 0.5) is 5.13 Å². The van der Waals surface area contributed by atoms with E-state index < -0.39 is 15.9 Å². The van der Waals surface area contributed by atoms with Crippen LogP contribution in [-0.2, 0) is 14.8 Å². The zero-order valence-electron chi connectivity index (χ0n) is 14.4. The lowest BCUT2D eigenvalue weighted by Gasteiger charge is -2.31. The fraction of sp³-hybridized carbons (Fsp3) is 0.278. The summed E-state index contributed by atoms with van der Waals surface area (Å²) in [5.74, 6) is -0.622. The Morgan fingerprint density at radius 2 is 2.00 bits per heavy atom. The molecule has 27 heavy (non-hydrogen) atoms. The van der Waals surface area contributed by atoms with Gasteiger partial charge in [-0.15, -0.1) is 10.2 Å². The minimum absolute atomic E-state index is 0.166. The summed E-state index contributed by atoms with van der Waals surface area (Å²) in [6.07, 6.45) is 1.29. The van der Waals surface area contributed by atoms with Crippen molar-refractivity contribution in [2.45, 2.75) is 17.7 Å². The lowest BCUT2D eigenvalue weighted by molar-refractivity contribution is -0.120. The zero-order chi connectivity index (χ0) is 18.9. The molecule has 0 saturated carbocycles. The summed E-state index contributed by atoms with van der Waals surface area (Å²) < 4.78 is 27.6. The molecule has 9 heteroatoms. The van der Waals surface area contributed by atoms with Gasteiger partial charge < -0.3 is 5.32 Å². The van der Waals surface area contributed by atoms with Gasteiger partial charge in [0, 0.05) is 13.1 Å². The van der Waals surface area contributed by atoms with E-state index in [4.69, 9.17) is 0 Å². The normalized spacial score (nSPS) is 18.4. The Kier molecular flexibility index (Phi) is 4.90. The standard InChI is InChI=1S/C18H18N4O3S2/c23-17(20-18-21-19-12-26-18)15-6-3-9-22(11-15)27(24,25)16-8-7-13-4-1-2-5-14(13)10-16/h1-2,4-5,7-8,10,12,15H,3,6,9,11H2,(H,20,21,23). The number of piperidine rings is 1. The van der Waals surface area contributed by atoms with Crippen LogP contribution in [0.25, 0.3) is 10.8 Å². The molecule has 4 rings (SSSR count). The first kappa shape index (κ1) is 18.0. The van der Waals surface area contributed by atoms with Crippen molar-refractivity contribution in [3.63, 3.8) is 0 Å². The first-order valence-electron chi connectivity index (χ1n) is 8.60. The van der Waals surface area contributed by atoms with Crippen LogP contribution in [0, 0.1) is 5.92 Å². The topological polar surface area (TPSA) is 92.3 Å². The van der Waals surface area contributed by atoms with Crippen LogP contribution in [0.2, 0.25) is 0 Å². The Hall–Kier alpha value is -2.36.